The minimum absolute atomic E-state index is 0.0571. The molecule has 0 aliphatic carbocycles. The van der Waals surface area contributed by atoms with Crippen LogP contribution in [-0.4, -0.2) is 43.4 Å². The van der Waals surface area contributed by atoms with E-state index in [4.69, 9.17) is 27.9 Å². The van der Waals surface area contributed by atoms with Crippen LogP contribution in [0.3, 0.4) is 0 Å². The fourth-order valence-electron chi connectivity index (χ4n) is 3.20. The maximum Gasteiger partial charge on any atom is 0.422 e. The lowest BCUT2D eigenvalue weighted by Crippen LogP contribution is -2.35. The Morgan fingerprint density at radius 2 is 1.97 bits per heavy atom. The van der Waals surface area contributed by atoms with Crippen molar-refractivity contribution in [3.63, 3.8) is 0 Å². The van der Waals surface area contributed by atoms with Gasteiger partial charge in [-0.1, -0.05) is 30.1 Å². The van der Waals surface area contributed by atoms with Crippen LogP contribution < -0.4 is 9.64 Å². The van der Waals surface area contributed by atoms with Gasteiger partial charge in [0.05, 0.1) is 10.2 Å². The SMILES string of the molecule is CCOc1c(C(C)c2nc(Cl)c3c(N(C(=O)O)C(=O)O)nccn23)cc(Cl)c(C)c1I. The Morgan fingerprint density at radius 1 is 1.32 bits per heavy atom. The van der Waals surface area contributed by atoms with Gasteiger partial charge in [-0.15, -0.1) is 0 Å². The summed E-state index contributed by atoms with van der Waals surface area (Å²) in [4.78, 5) is 31.4. The first-order valence-electron chi connectivity index (χ1n) is 8.99. The van der Waals surface area contributed by atoms with Gasteiger partial charge in [0.25, 0.3) is 0 Å². The van der Waals surface area contributed by atoms with Gasteiger partial charge in [-0.25, -0.2) is 19.6 Å². The molecule has 0 spiro atoms. The number of carbonyl (C=O) groups is 2. The second kappa shape index (κ2) is 9.05. The van der Waals surface area contributed by atoms with Gasteiger partial charge in [0.15, 0.2) is 11.0 Å². The Labute approximate surface area is 200 Å². The number of imide groups is 1. The molecule has 0 bridgehead atoms. The van der Waals surface area contributed by atoms with Crippen molar-refractivity contribution in [3.8, 4) is 5.75 Å². The summed E-state index contributed by atoms with van der Waals surface area (Å²) in [6.07, 6.45) is -0.603. The molecule has 9 nitrogen and oxygen atoms in total. The molecule has 2 N–H and O–H groups in total. The summed E-state index contributed by atoms with van der Waals surface area (Å²) in [6, 6.07) is 1.80. The van der Waals surface area contributed by atoms with E-state index in [1.54, 1.807) is 6.07 Å². The Kier molecular flexibility index (Phi) is 6.82. The van der Waals surface area contributed by atoms with Crippen LogP contribution >= 0.6 is 45.8 Å². The van der Waals surface area contributed by atoms with Crippen LogP contribution in [0.4, 0.5) is 15.4 Å². The Bertz CT molecular complexity index is 1190. The first-order valence-corrected chi connectivity index (χ1v) is 10.8. The highest BCUT2D eigenvalue weighted by Crippen LogP contribution is 2.41. The van der Waals surface area contributed by atoms with Crippen LogP contribution in [0.1, 0.15) is 36.7 Å². The third-order valence-electron chi connectivity index (χ3n) is 4.69. The molecule has 2 aromatic heterocycles. The largest absolute Gasteiger partial charge is 0.492 e. The maximum absolute atomic E-state index is 11.5. The molecule has 3 aromatic rings. The molecule has 2 heterocycles. The highest BCUT2D eigenvalue weighted by Gasteiger charge is 2.30. The van der Waals surface area contributed by atoms with E-state index in [1.807, 2.05) is 20.8 Å². The second-order valence-electron chi connectivity index (χ2n) is 6.50. The first-order chi connectivity index (χ1) is 14.6. The monoisotopic (exact) mass is 578 g/mol. The van der Waals surface area contributed by atoms with Crippen molar-refractivity contribution < 1.29 is 24.5 Å². The Hall–Kier alpha value is -2.31. The molecule has 0 aliphatic heterocycles. The van der Waals surface area contributed by atoms with E-state index in [-0.39, 0.29) is 27.3 Å². The molecule has 0 aliphatic rings. The topological polar surface area (TPSA) is 117 Å². The van der Waals surface area contributed by atoms with Gasteiger partial charge in [-0.3, -0.25) is 4.40 Å². The van der Waals surface area contributed by atoms with Gasteiger partial charge < -0.3 is 14.9 Å². The maximum atomic E-state index is 11.5. The van der Waals surface area contributed by atoms with Crippen LogP contribution in [0.5, 0.6) is 5.75 Å². The van der Waals surface area contributed by atoms with Crippen molar-refractivity contribution in [2.75, 3.05) is 11.5 Å². The fourth-order valence-corrected chi connectivity index (χ4v) is 4.59. The van der Waals surface area contributed by atoms with Crippen molar-refractivity contribution in [3.05, 3.63) is 49.2 Å². The van der Waals surface area contributed by atoms with E-state index < -0.39 is 12.2 Å². The number of amides is 2. The summed E-state index contributed by atoms with van der Waals surface area (Å²) in [6.45, 7) is 6.09. The van der Waals surface area contributed by atoms with Crippen LogP contribution in [-0.2, 0) is 0 Å². The summed E-state index contributed by atoms with van der Waals surface area (Å²) in [5.74, 6) is 0.361. The number of nitrogens with zero attached hydrogens (tertiary/aromatic N) is 4. The number of halogens is 3. The Balaban J connectivity index is 2.25. The first kappa shape index (κ1) is 23.4. The molecule has 0 saturated carbocycles. The number of ether oxygens (including phenoxy) is 1. The van der Waals surface area contributed by atoms with Gasteiger partial charge in [-0.05, 0) is 48.1 Å². The lowest BCUT2D eigenvalue weighted by molar-refractivity contribution is 0.184. The zero-order valence-electron chi connectivity index (χ0n) is 16.6. The summed E-state index contributed by atoms with van der Waals surface area (Å²) in [7, 11) is 0. The normalized spacial score (nSPS) is 12.1. The average Bonchev–Trinajstić information content (AvgIpc) is 3.05. The van der Waals surface area contributed by atoms with E-state index in [2.05, 4.69) is 32.6 Å². The molecule has 164 valence electrons. The molecule has 1 atom stereocenters. The molecule has 3 rings (SSSR count). The third-order valence-corrected chi connectivity index (χ3v) is 6.64. The van der Waals surface area contributed by atoms with Crippen molar-refractivity contribution in [2.24, 2.45) is 0 Å². The number of rotatable bonds is 5. The van der Waals surface area contributed by atoms with Gasteiger partial charge in [0.2, 0.25) is 0 Å². The predicted molar refractivity (Wildman–Crippen MR) is 124 cm³/mol. The number of imidazole rings is 1. The van der Waals surface area contributed by atoms with E-state index in [0.717, 1.165) is 14.7 Å². The average molecular weight is 579 g/mol. The molecular formula is C19H17Cl2IN4O5. The molecule has 0 radical (unpaired) electrons. The summed E-state index contributed by atoms with van der Waals surface area (Å²) >= 11 is 14.9. The number of hydrogen-bond donors (Lipinski definition) is 2. The van der Waals surface area contributed by atoms with E-state index in [1.165, 1.54) is 16.8 Å². The highest BCUT2D eigenvalue weighted by atomic mass is 127. The van der Waals surface area contributed by atoms with Crippen LogP contribution in [0.15, 0.2) is 18.5 Å². The van der Waals surface area contributed by atoms with E-state index in [0.29, 0.717) is 23.2 Å². The predicted octanol–water partition coefficient (Wildman–Crippen LogP) is 5.66. The number of benzene rings is 1. The second-order valence-corrected chi connectivity index (χ2v) is 8.35. The summed E-state index contributed by atoms with van der Waals surface area (Å²) in [5.41, 5.74) is 1.71. The van der Waals surface area contributed by atoms with Gasteiger partial charge in [-0.2, -0.15) is 4.90 Å². The molecule has 0 fully saturated rings. The zero-order valence-corrected chi connectivity index (χ0v) is 20.2. The van der Waals surface area contributed by atoms with Crippen LogP contribution in [0, 0.1) is 10.5 Å². The van der Waals surface area contributed by atoms with Crippen molar-refractivity contribution in [1.82, 2.24) is 14.4 Å². The highest BCUT2D eigenvalue weighted by molar-refractivity contribution is 14.1. The summed E-state index contributed by atoms with van der Waals surface area (Å²) in [5, 5.41) is 19.1. The Morgan fingerprint density at radius 3 is 2.55 bits per heavy atom. The number of carboxylic acid groups (broad SMARTS) is 2. The fraction of sp³-hybridized carbons (Fsp3) is 0.263. The van der Waals surface area contributed by atoms with E-state index in [9.17, 15) is 19.8 Å². The smallest absolute Gasteiger partial charge is 0.422 e. The number of anilines is 1. The molecule has 1 unspecified atom stereocenters. The minimum Gasteiger partial charge on any atom is -0.492 e. The number of hydrogen-bond acceptors (Lipinski definition) is 5. The van der Waals surface area contributed by atoms with Gasteiger partial charge >= 0.3 is 12.2 Å². The number of fused-ring (bicyclic) bond motifs is 1. The lowest BCUT2D eigenvalue weighted by atomic mass is 9.97. The van der Waals surface area contributed by atoms with Crippen molar-refractivity contribution in [1.29, 1.82) is 0 Å². The lowest BCUT2D eigenvalue weighted by Gasteiger charge is -2.20. The quantitative estimate of drug-likeness (QED) is 0.375. The van der Waals surface area contributed by atoms with E-state index >= 15 is 0 Å². The molecule has 2 amide bonds. The van der Waals surface area contributed by atoms with Gasteiger partial charge in [0.1, 0.15) is 17.1 Å². The molecular weight excluding hydrogens is 562 g/mol. The van der Waals surface area contributed by atoms with Crippen LogP contribution in [0.25, 0.3) is 5.52 Å². The zero-order chi connectivity index (χ0) is 23.0. The third kappa shape index (κ3) is 4.11. The minimum atomic E-state index is -1.71. The standard InChI is InChI=1S/C19H17Cl2IN4O5/c1-4-31-14-10(7-11(20)9(3)12(14)22)8(2)16-24-15(21)13-17(23-5-6-25(13)16)26(18(27)28)19(29)30/h5-8H,4H2,1-3H3,(H,27,28)(H,29,30). The molecule has 31 heavy (non-hydrogen) atoms. The molecule has 0 saturated heterocycles. The molecule has 12 heteroatoms. The van der Waals surface area contributed by atoms with Gasteiger partial charge in [0, 0.05) is 28.9 Å². The van der Waals surface area contributed by atoms with Crippen molar-refractivity contribution in [2.45, 2.75) is 26.7 Å². The molecule has 1 aromatic carbocycles. The number of aromatic nitrogens is 3. The van der Waals surface area contributed by atoms with Crippen molar-refractivity contribution >= 4 is 69.3 Å². The van der Waals surface area contributed by atoms with Crippen LogP contribution in [0.2, 0.25) is 10.2 Å². The summed E-state index contributed by atoms with van der Waals surface area (Å²) < 4.78 is 8.26.